The molecule has 1 aromatic rings. The van der Waals surface area contributed by atoms with Crippen molar-refractivity contribution < 1.29 is 4.39 Å². The number of rotatable bonds is 5. The van der Waals surface area contributed by atoms with Crippen LogP contribution in [0.4, 0.5) is 4.39 Å². The minimum absolute atomic E-state index is 0.0828. The van der Waals surface area contributed by atoms with Gasteiger partial charge in [0.15, 0.2) is 0 Å². The van der Waals surface area contributed by atoms with Crippen LogP contribution < -0.4 is 5.32 Å². The van der Waals surface area contributed by atoms with Crippen molar-refractivity contribution in [2.75, 3.05) is 14.1 Å². The number of halogens is 1. The van der Waals surface area contributed by atoms with Crippen molar-refractivity contribution in [2.24, 2.45) is 5.92 Å². The summed E-state index contributed by atoms with van der Waals surface area (Å²) in [6, 6.07) is 6.05. The van der Waals surface area contributed by atoms with Crippen LogP contribution in [-0.2, 0) is 13.1 Å². The van der Waals surface area contributed by atoms with Crippen molar-refractivity contribution in [3.8, 4) is 0 Å². The summed E-state index contributed by atoms with van der Waals surface area (Å²) < 4.78 is 14.0. The first kappa shape index (κ1) is 15.5. The topological polar surface area (TPSA) is 15.3 Å². The highest BCUT2D eigenvalue weighted by Crippen LogP contribution is 2.27. The third kappa shape index (κ3) is 4.03. The van der Waals surface area contributed by atoms with E-state index in [0.29, 0.717) is 12.6 Å². The second-order valence-electron chi connectivity index (χ2n) is 6.30. The van der Waals surface area contributed by atoms with Crippen LogP contribution in [0.15, 0.2) is 18.2 Å². The van der Waals surface area contributed by atoms with Crippen LogP contribution in [0, 0.1) is 11.7 Å². The third-order valence-corrected chi connectivity index (χ3v) is 4.44. The van der Waals surface area contributed by atoms with E-state index < -0.39 is 0 Å². The maximum Gasteiger partial charge on any atom is 0.127 e. The first-order valence-corrected chi connectivity index (χ1v) is 7.72. The summed E-state index contributed by atoms with van der Waals surface area (Å²) in [6.45, 7) is 3.83. The summed E-state index contributed by atoms with van der Waals surface area (Å²) in [5.41, 5.74) is 1.97. The molecule has 1 aliphatic rings. The molecule has 0 saturated heterocycles. The van der Waals surface area contributed by atoms with E-state index in [1.165, 1.54) is 25.7 Å². The fourth-order valence-corrected chi connectivity index (χ4v) is 3.26. The average Bonchev–Trinajstić information content (AvgIpc) is 2.43. The van der Waals surface area contributed by atoms with Gasteiger partial charge in [-0.1, -0.05) is 31.9 Å². The molecule has 2 nitrogen and oxygen atoms in total. The Hall–Kier alpha value is -0.930. The normalized spacial score (nSPS) is 23.2. The van der Waals surface area contributed by atoms with Crippen LogP contribution in [0.25, 0.3) is 0 Å². The standard InChI is InChI=1S/C17H27FN2/c1-13-5-4-6-16(9-13)20(3)12-15-10-14(11-19-2)7-8-17(15)18/h7-8,10,13,16,19H,4-6,9,11-12H2,1-3H3. The van der Waals surface area contributed by atoms with Crippen molar-refractivity contribution in [3.63, 3.8) is 0 Å². The summed E-state index contributed by atoms with van der Waals surface area (Å²) in [6.07, 6.45) is 5.14. The zero-order valence-electron chi connectivity index (χ0n) is 13.0. The highest BCUT2D eigenvalue weighted by molar-refractivity contribution is 5.25. The van der Waals surface area contributed by atoms with E-state index in [0.717, 1.165) is 23.6 Å². The average molecular weight is 278 g/mol. The number of nitrogens with one attached hydrogen (secondary N) is 1. The van der Waals surface area contributed by atoms with E-state index in [4.69, 9.17) is 0 Å². The lowest BCUT2D eigenvalue weighted by Gasteiger charge is -2.34. The van der Waals surface area contributed by atoms with E-state index in [2.05, 4.69) is 24.2 Å². The van der Waals surface area contributed by atoms with Gasteiger partial charge in [0.1, 0.15) is 5.82 Å². The fourth-order valence-electron chi connectivity index (χ4n) is 3.26. The summed E-state index contributed by atoms with van der Waals surface area (Å²) in [5, 5.41) is 3.12. The summed E-state index contributed by atoms with van der Waals surface area (Å²) in [5.74, 6) is 0.720. The van der Waals surface area contributed by atoms with E-state index in [9.17, 15) is 4.39 Å². The van der Waals surface area contributed by atoms with Gasteiger partial charge >= 0.3 is 0 Å². The minimum Gasteiger partial charge on any atom is -0.316 e. The Bertz CT molecular complexity index is 433. The number of hydrogen-bond donors (Lipinski definition) is 1. The largest absolute Gasteiger partial charge is 0.316 e. The van der Waals surface area contributed by atoms with Gasteiger partial charge in [0.25, 0.3) is 0 Å². The molecule has 1 aliphatic carbocycles. The van der Waals surface area contributed by atoms with Gasteiger partial charge in [-0.3, -0.25) is 4.90 Å². The molecular formula is C17H27FN2. The van der Waals surface area contributed by atoms with Gasteiger partial charge in [0.05, 0.1) is 0 Å². The van der Waals surface area contributed by atoms with Gasteiger partial charge in [-0.2, -0.15) is 0 Å². The van der Waals surface area contributed by atoms with E-state index in [-0.39, 0.29) is 5.82 Å². The lowest BCUT2D eigenvalue weighted by molar-refractivity contribution is 0.156. The highest BCUT2D eigenvalue weighted by atomic mass is 19.1. The Morgan fingerprint density at radius 3 is 2.85 bits per heavy atom. The molecule has 0 aliphatic heterocycles. The quantitative estimate of drug-likeness (QED) is 0.886. The van der Waals surface area contributed by atoms with Crippen LogP contribution in [0.2, 0.25) is 0 Å². The van der Waals surface area contributed by atoms with Gasteiger partial charge in [-0.15, -0.1) is 0 Å². The molecule has 0 radical (unpaired) electrons. The second kappa shape index (κ2) is 7.19. The molecule has 0 heterocycles. The first-order valence-electron chi connectivity index (χ1n) is 7.72. The Morgan fingerprint density at radius 2 is 2.15 bits per heavy atom. The second-order valence-corrected chi connectivity index (χ2v) is 6.30. The molecule has 0 spiro atoms. The lowest BCUT2D eigenvalue weighted by atomic mass is 9.86. The molecular weight excluding hydrogens is 251 g/mol. The highest BCUT2D eigenvalue weighted by Gasteiger charge is 2.22. The first-order chi connectivity index (χ1) is 9.60. The number of nitrogens with zero attached hydrogens (tertiary/aromatic N) is 1. The van der Waals surface area contributed by atoms with Crippen LogP contribution in [0.5, 0.6) is 0 Å². The number of benzene rings is 1. The van der Waals surface area contributed by atoms with Crippen molar-refractivity contribution >= 4 is 0 Å². The molecule has 0 amide bonds. The molecule has 1 N–H and O–H groups in total. The maximum atomic E-state index is 14.0. The van der Waals surface area contributed by atoms with Gasteiger partial charge in [-0.25, -0.2) is 4.39 Å². The molecule has 1 aromatic carbocycles. The van der Waals surface area contributed by atoms with E-state index >= 15 is 0 Å². The molecule has 0 bridgehead atoms. The molecule has 1 saturated carbocycles. The Labute approximate surface area is 122 Å². The molecule has 2 unspecified atom stereocenters. The maximum absolute atomic E-state index is 14.0. The summed E-state index contributed by atoms with van der Waals surface area (Å²) in [7, 11) is 4.05. The molecule has 112 valence electrons. The minimum atomic E-state index is -0.0828. The van der Waals surface area contributed by atoms with Gasteiger partial charge < -0.3 is 5.32 Å². The Kier molecular flexibility index (Phi) is 5.55. The Balaban J connectivity index is 2.02. The molecule has 2 rings (SSSR count). The van der Waals surface area contributed by atoms with E-state index in [1.54, 1.807) is 6.07 Å². The van der Waals surface area contributed by atoms with E-state index in [1.807, 2.05) is 19.2 Å². The van der Waals surface area contributed by atoms with Crippen LogP contribution in [0.1, 0.15) is 43.7 Å². The van der Waals surface area contributed by atoms with Crippen molar-refractivity contribution in [2.45, 2.75) is 51.7 Å². The molecule has 2 atom stereocenters. The lowest BCUT2D eigenvalue weighted by Crippen LogP contribution is -2.35. The monoisotopic (exact) mass is 278 g/mol. The van der Waals surface area contributed by atoms with Crippen LogP contribution in [0.3, 0.4) is 0 Å². The van der Waals surface area contributed by atoms with Crippen molar-refractivity contribution in [3.05, 3.63) is 35.1 Å². The zero-order valence-corrected chi connectivity index (χ0v) is 13.0. The van der Waals surface area contributed by atoms with Crippen molar-refractivity contribution in [1.29, 1.82) is 0 Å². The van der Waals surface area contributed by atoms with Gasteiger partial charge in [0.2, 0.25) is 0 Å². The summed E-state index contributed by atoms with van der Waals surface area (Å²) >= 11 is 0. The van der Waals surface area contributed by atoms with Gasteiger partial charge in [0, 0.05) is 24.7 Å². The SMILES string of the molecule is CNCc1ccc(F)c(CN(C)C2CCCC(C)C2)c1. The molecule has 1 fully saturated rings. The summed E-state index contributed by atoms with van der Waals surface area (Å²) in [4.78, 5) is 2.33. The van der Waals surface area contributed by atoms with Crippen LogP contribution in [-0.4, -0.2) is 25.0 Å². The molecule has 20 heavy (non-hydrogen) atoms. The molecule has 0 aromatic heterocycles. The number of hydrogen-bond acceptors (Lipinski definition) is 2. The predicted molar refractivity (Wildman–Crippen MR) is 82.1 cm³/mol. The van der Waals surface area contributed by atoms with Crippen molar-refractivity contribution in [1.82, 2.24) is 10.2 Å². The van der Waals surface area contributed by atoms with Gasteiger partial charge in [-0.05, 0) is 44.5 Å². The third-order valence-electron chi connectivity index (χ3n) is 4.44. The predicted octanol–water partition coefficient (Wildman–Crippen LogP) is 3.56. The Morgan fingerprint density at radius 1 is 1.35 bits per heavy atom. The zero-order chi connectivity index (χ0) is 14.5. The molecule has 3 heteroatoms. The fraction of sp³-hybridized carbons (Fsp3) is 0.647. The van der Waals surface area contributed by atoms with Crippen LogP contribution >= 0.6 is 0 Å². The smallest absolute Gasteiger partial charge is 0.127 e.